The predicted molar refractivity (Wildman–Crippen MR) is 84.0 cm³/mol. The van der Waals surface area contributed by atoms with E-state index in [1.807, 2.05) is 0 Å². The summed E-state index contributed by atoms with van der Waals surface area (Å²) in [6.45, 7) is -0.311. The summed E-state index contributed by atoms with van der Waals surface area (Å²) in [4.78, 5) is 27.4. The summed E-state index contributed by atoms with van der Waals surface area (Å²) in [5, 5.41) is 18.9. The summed E-state index contributed by atoms with van der Waals surface area (Å²) < 4.78 is 8.48. The van der Waals surface area contributed by atoms with E-state index in [0.717, 1.165) is 0 Å². The Morgan fingerprint density at radius 2 is 2.35 bits per heavy atom. The van der Waals surface area contributed by atoms with Crippen LogP contribution in [-0.4, -0.2) is 49.3 Å². The zero-order chi connectivity index (χ0) is 16.6. The Kier molecular flexibility index (Phi) is 4.44. The van der Waals surface area contributed by atoms with Crippen molar-refractivity contribution in [1.29, 1.82) is 0 Å². The number of carbonyl (C=O) groups is 1. The summed E-state index contributed by atoms with van der Waals surface area (Å²) in [7, 11) is 0. The van der Waals surface area contributed by atoms with Crippen molar-refractivity contribution in [1.82, 2.24) is 14.0 Å². The predicted octanol–water partition coefficient (Wildman–Crippen LogP) is 0.0714. The Hall–Kier alpha value is -1.81. The Morgan fingerprint density at radius 3 is 3.00 bits per heavy atom. The normalized spacial score (nSPS) is 25.2. The molecule has 3 heterocycles. The van der Waals surface area contributed by atoms with E-state index in [9.17, 15) is 14.7 Å². The highest BCUT2D eigenvalue weighted by atomic mass is 79.9. The number of halogens is 1. The highest BCUT2D eigenvalue weighted by molar-refractivity contribution is 9.12. The van der Waals surface area contributed by atoms with Gasteiger partial charge in [-0.05, 0) is 28.1 Å². The Labute approximate surface area is 138 Å². The lowest BCUT2D eigenvalue weighted by Gasteiger charge is -2.14. The number of allylic oxidation sites excluding steroid dienone is 1. The number of nitrogens with zero attached hydrogens (tertiary/aromatic N) is 3. The van der Waals surface area contributed by atoms with Crippen LogP contribution in [0.2, 0.25) is 0 Å². The lowest BCUT2D eigenvalue weighted by Crippen LogP contribution is -2.29. The SMILES string of the molecule is O=C/C(Br)=C/c1cn2c(=O)n([C@H]3C[C@H](O)[C@@H](CO)O3)ccc2n1. The van der Waals surface area contributed by atoms with E-state index < -0.39 is 18.4 Å². The van der Waals surface area contributed by atoms with E-state index in [4.69, 9.17) is 9.84 Å². The van der Waals surface area contributed by atoms with Gasteiger partial charge in [0.1, 0.15) is 18.0 Å². The monoisotopic (exact) mass is 383 g/mol. The van der Waals surface area contributed by atoms with Crippen molar-refractivity contribution in [3.05, 3.63) is 39.1 Å². The Balaban J connectivity index is 1.99. The quantitative estimate of drug-likeness (QED) is 0.571. The number of aliphatic hydroxyl groups excluding tert-OH is 2. The first kappa shape index (κ1) is 16.1. The number of fused-ring (bicyclic) bond motifs is 1. The van der Waals surface area contributed by atoms with Gasteiger partial charge in [-0.3, -0.25) is 13.8 Å². The summed E-state index contributed by atoms with van der Waals surface area (Å²) in [5.41, 5.74) is 0.507. The molecule has 3 atom stereocenters. The third-order valence-corrected chi connectivity index (χ3v) is 4.07. The molecule has 0 amide bonds. The molecule has 0 spiro atoms. The fourth-order valence-electron chi connectivity index (χ4n) is 2.53. The number of imidazole rings is 1. The molecule has 1 saturated heterocycles. The van der Waals surface area contributed by atoms with Crippen LogP contribution in [0.1, 0.15) is 18.3 Å². The van der Waals surface area contributed by atoms with Crippen molar-refractivity contribution in [2.24, 2.45) is 0 Å². The largest absolute Gasteiger partial charge is 0.394 e. The number of rotatable bonds is 4. The molecule has 0 aliphatic carbocycles. The summed E-state index contributed by atoms with van der Waals surface area (Å²) in [6, 6.07) is 1.63. The van der Waals surface area contributed by atoms with E-state index in [1.54, 1.807) is 6.07 Å². The number of aldehydes is 1. The van der Waals surface area contributed by atoms with Gasteiger partial charge in [0.25, 0.3) is 0 Å². The highest BCUT2D eigenvalue weighted by Gasteiger charge is 2.35. The molecule has 2 aromatic rings. The van der Waals surface area contributed by atoms with Crippen LogP contribution in [0.15, 0.2) is 27.7 Å². The molecule has 0 bridgehead atoms. The Bertz CT molecular complexity index is 827. The minimum atomic E-state index is -0.822. The number of hydrogen-bond acceptors (Lipinski definition) is 6. The molecule has 1 aliphatic heterocycles. The second-order valence-corrected chi connectivity index (χ2v) is 6.08. The van der Waals surface area contributed by atoms with E-state index in [2.05, 4.69) is 20.9 Å². The molecule has 1 aliphatic rings. The van der Waals surface area contributed by atoms with Crippen LogP contribution in [0.5, 0.6) is 0 Å². The van der Waals surface area contributed by atoms with Gasteiger partial charge in [0.05, 0.1) is 22.9 Å². The molecular weight excluding hydrogens is 370 g/mol. The van der Waals surface area contributed by atoms with Gasteiger partial charge in [0, 0.05) is 18.8 Å². The van der Waals surface area contributed by atoms with E-state index >= 15 is 0 Å². The first-order valence-electron chi connectivity index (χ1n) is 6.90. The molecule has 0 aromatic carbocycles. The van der Waals surface area contributed by atoms with Gasteiger partial charge < -0.3 is 14.9 Å². The zero-order valence-corrected chi connectivity index (χ0v) is 13.5. The van der Waals surface area contributed by atoms with Crippen LogP contribution in [0.25, 0.3) is 11.7 Å². The third kappa shape index (κ3) is 3.00. The van der Waals surface area contributed by atoms with Gasteiger partial charge >= 0.3 is 5.69 Å². The van der Waals surface area contributed by atoms with Crippen LogP contribution in [0.3, 0.4) is 0 Å². The van der Waals surface area contributed by atoms with Gasteiger partial charge in [0.15, 0.2) is 6.29 Å². The average molecular weight is 384 g/mol. The Morgan fingerprint density at radius 1 is 1.57 bits per heavy atom. The van der Waals surface area contributed by atoms with Crippen LogP contribution < -0.4 is 5.69 Å². The molecule has 1 fully saturated rings. The fourth-order valence-corrected chi connectivity index (χ4v) is 2.77. The van der Waals surface area contributed by atoms with Gasteiger partial charge in [0.2, 0.25) is 0 Å². The number of hydrogen-bond donors (Lipinski definition) is 2. The third-order valence-electron chi connectivity index (χ3n) is 3.66. The minimum Gasteiger partial charge on any atom is -0.394 e. The van der Waals surface area contributed by atoms with E-state index in [1.165, 1.54) is 27.4 Å². The fraction of sp³-hybridized carbons (Fsp3) is 0.357. The van der Waals surface area contributed by atoms with Crippen LogP contribution in [-0.2, 0) is 9.53 Å². The van der Waals surface area contributed by atoms with Crippen molar-refractivity contribution in [2.45, 2.75) is 24.9 Å². The first-order chi connectivity index (χ1) is 11.0. The second-order valence-electron chi connectivity index (χ2n) is 5.16. The van der Waals surface area contributed by atoms with Gasteiger partial charge in [-0.25, -0.2) is 9.78 Å². The molecule has 3 rings (SSSR count). The molecule has 0 saturated carbocycles. The molecule has 2 aromatic heterocycles. The van der Waals surface area contributed by atoms with Gasteiger partial charge in [-0.2, -0.15) is 0 Å². The topological polar surface area (TPSA) is 106 Å². The molecule has 0 radical (unpaired) electrons. The maximum atomic E-state index is 12.5. The molecule has 23 heavy (non-hydrogen) atoms. The van der Waals surface area contributed by atoms with Crippen molar-refractivity contribution >= 4 is 33.9 Å². The van der Waals surface area contributed by atoms with Crippen LogP contribution in [0, 0.1) is 0 Å². The molecule has 0 unspecified atom stereocenters. The van der Waals surface area contributed by atoms with Crippen molar-refractivity contribution < 1.29 is 19.7 Å². The van der Waals surface area contributed by atoms with Crippen LogP contribution in [0.4, 0.5) is 0 Å². The molecule has 8 nitrogen and oxygen atoms in total. The molecule has 9 heteroatoms. The smallest absolute Gasteiger partial charge is 0.336 e. The summed E-state index contributed by atoms with van der Waals surface area (Å²) >= 11 is 3.07. The van der Waals surface area contributed by atoms with Crippen LogP contribution >= 0.6 is 15.9 Å². The lowest BCUT2D eigenvalue weighted by molar-refractivity contribution is -0.104. The summed E-state index contributed by atoms with van der Waals surface area (Å²) in [6.07, 6.45) is 3.21. The molecular formula is C14H14BrN3O5. The summed E-state index contributed by atoms with van der Waals surface area (Å²) in [5.74, 6) is 0. The maximum absolute atomic E-state index is 12.5. The van der Waals surface area contributed by atoms with Crippen molar-refractivity contribution in [2.75, 3.05) is 6.61 Å². The molecule has 122 valence electrons. The van der Waals surface area contributed by atoms with E-state index in [-0.39, 0.29) is 18.7 Å². The second kappa shape index (κ2) is 6.36. The molecule has 2 N–H and O–H groups in total. The number of carbonyl (C=O) groups excluding carboxylic acids is 1. The minimum absolute atomic E-state index is 0.217. The number of aliphatic hydroxyl groups is 2. The standard InChI is InChI=1S/C14H14BrN3O5/c15-8(6-19)3-9-5-18-12(16-9)1-2-17(14(18)22)13-4-10(21)11(7-20)23-13/h1-3,5-6,10-11,13,20-21H,4,7H2/b8-3-/t10-,11+,13+/m0/s1. The van der Waals surface area contributed by atoms with Crippen molar-refractivity contribution in [3.8, 4) is 0 Å². The van der Waals surface area contributed by atoms with E-state index in [0.29, 0.717) is 22.1 Å². The maximum Gasteiger partial charge on any atom is 0.336 e. The highest BCUT2D eigenvalue weighted by Crippen LogP contribution is 2.27. The van der Waals surface area contributed by atoms with Gasteiger partial charge in [-0.15, -0.1) is 0 Å². The number of aromatic nitrogens is 3. The first-order valence-corrected chi connectivity index (χ1v) is 7.70. The lowest BCUT2D eigenvalue weighted by atomic mass is 10.2. The average Bonchev–Trinajstić information content (AvgIpc) is 3.11. The number of ether oxygens (including phenoxy) is 1. The van der Waals surface area contributed by atoms with Gasteiger partial charge in [-0.1, -0.05) is 0 Å². The zero-order valence-electron chi connectivity index (χ0n) is 11.9. The van der Waals surface area contributed by atoms with Crippen molar-refractivity contribution in [3.63, 3.8) is 0 Å².